The summed E-state index contributed by atoms with van der Waals surface area (Å²) in [6.45, 7) is 0. The van der Waals surface area contributed by atoms with Crippen molar-refractivity contribution in [3.05, 3.63) is 32.9 Å². The Kier molecular flexibility index (Phi) is 4.42. The number of esters is 1. The Morgan fingerprint density at radius 2 is 2.00 bits per heavy atom. The van der Waals surface area contributed by atoms with Gasteiger partial charge >= 0.3 is 5.97 Å². The summed E-state index contributed by atoms with van der Waals surface area (Å²) in [6.07, 6.45) is 6.60. The predicted molar refractivity (Wildman–Crippen MR) is 76.3 cm³/mol. The van der Waals surface area contributed by atoms with Crippen LogP contribution in [0.25, 0.3) is 0 Å². The summed E-state index contributed by atoms with van der Waals surface area (Å²) in [5.41, 5.74) is 2.05. The van der Waals surface area contributed by atoms with Crippen molar-refractivity contribution >= 4 is 28.6 Å². The molecule has 1 saturated carbocycles. The molecule has 0 N–H and O–H groups in total. The Balaban J connectivity index is 2.21. The largest absolute Gasteiger partial charge is 0.465 e. The van der Waals surface area contributed by atoms with Crippen molar-refractivity contribution in [1.29, 1.82) is 0 Å². The van der Waals surface area contributed by atoms with Gasteiger partial charge < -0.3 is 4.74 Å². The van der Waals surface area contributed by atoms with Gasteiger partial charge in [-0.15, -0.1) is 0 Å². The second-order valence-corrected chi connectivity index (χ2v) is 5.72. The zero-order chi connectivity index (χ0) is 12.3. The molecule has 0 saturated heterocycles. The first-order valence-electron chi connectivity index (χ1n) is 6.10. The highest BCUT2D eigenvalue weighted by Crippen LogP contribution is 2.35. The number of halogens is 1. The quantitative estimate of drug-likeness (QED) is 0.596. The number of hydrogen-bond donors (Lipinski definition) is 0. The second-order valence-electron chi connectivity index (χ2n) is 4.56. The third-order valence-corrected chi connectivity index (χ3v) is 4.40. The Bertz CT molecular complexity index is 409. The van der Waals surface area contributed by atoms with Gasteiger partial charge in [0.15, 0.2) is 0 Å². The van der Waals surface area contributed by atoms with Crippen molar-refractivity contribution in [2.45, 2.75) is 38.0 Å². The smallest absolute Gasteiger partial charge is 0.337 e. The van der Waals surface area contributed by atoms with Crippen LogP contribution in [0, 0.1) is 3.57 Å². The molecule has 17 heavy (non-hydrogen) atoms. The van der Waals surface area contributed by atoms with Crippen LogP contribution in [0.3, 0.4) is 0 Å². The van der Waals surface area contributed by atoms with Crippen molar-refractivity contribution in [2.24, 2.45) is 0 Å². The van der Waals surface area contributed by atoms with Gasteiger partial charge in [0, 0.05) is 3.57 Å². The number of ether oxygens (including phenoxy) is 1. The first-order chi connectivity index (χ1) is 8.22. The maximum absolute atomic E-state index is 11.4. The Hall–Kier alpha value is -0.580. The third-order valence-electron chi connectivity index (χ3n) is 3.47. The molecule has 3 heteroatoms. The van der Waals surface area contributed by atoms with Crippen LogP contribution in [0.5, 0.6) is 0 Å². The topological polar surface area (TPSA) is 26.3 Å². The molecule has 2 rings (SSSR count). The van der Waals surface area contributed by atoms with Gasteiger partial charge in [0.1, 0.15) is 0 Å². The average molecular weight is 344 g/mol. The molecule has 0 aliphatic heterocycles. The highest BCUT2D eigenvalue weighted by Gasteiger charge is 2.18. The summed E-state index contributed by atoms with van der Waals surface area (Å²) < 4.78 is 5.93. The zero-order valence-corrected chi connectivity index (χ0v) is 12.2. The fraction of sp³-hybridized carbons (Fsp3) is 0.500. The van der Waals surface area contributed by atoms with Crippen molar-refractivity contribution < 1.29 is 9.53 Å². The van der Waals surface area contributed by atoms with E-state index in [0.29, 0.717) is 11.5 Å². The number of carbonyl (C=O) groups is 1. The first-order valence-corrected chi connectivity index (χ1v) is 7.18. The molecular formula is C14H17IO2. The lowest BCUT2D eigenvalue weighted by Gasteiger charge is -2.23. The van der Waals surface area contributed by atoms with E-state index in [4.69, 9.17) is 4.74 Å². The number of rotatable bonds is 2. The predicted octanol–water partition coefficient (Wildman–Crippen LogP) is 4.13. The monoisotopic (exact) mass is 344 g/mol. The zero-order valence-electron chi connectivity index (χ0n) is 10.0. The van der Waals surface area contributed by atoms with E-state index in [-0.39, 0.29) is 5.97 Å². The minimum absolute atomic E-state index is 0.252. The second kappa shape index (κ2) is 5.85. The van der Waals surface area contributed by atoms with Gasteiger partial charge in [-0.05, 0) is 59.0 Å². The maximum atomic E-state index is 11.4. The highest BCUT2D eigenvalue weighted by molar-refractivity contribution is 14.1. The van der Waals surface area contributed by atoms with E-state index in [9.17, 15) is 4.79 Å². The van der Waals surface area contributed by atoms with Gasteiger partial charge in [-0.25, -0.2) is 4.79 Å². The van der Waals surface area contributed by atoms with E-state index in [1.807, 2.05) is 12.1 Å². The number of benzene rings is 1. The molecule has 92 valence electrons. The minimum atomic E-state index is -0.252. The van der Waals surface area contributed by atoms with Crippen LogP contribution in [-0.2, 0) is 4.74 Å². The molecule has 0 spiro atoms. The molecule has 0 amide bonds. The molecule has 1 aliphatic carbocycles. The van der Waals surface area contributed by atoms with Crippen molar-refractivity contribution in [3.8, 4) is 0 Å². The van der Waals surface area contributed by atoms with Crippen LogP contribution < -0.4 is 0 Å². The van der Waals surface area contributed by atoms with Gasteiger partial charge in [-0.3, -0.25) is 0 Å². The Labute approximate surface area is 116 Å². The van der Waals surface area contributed by atoms with E-state index in [1.54, 1.807) is 0 Å². The fourth-order valence-electron chi connectivity index (χ4n) is 2.52. The molecule has 1 aromatic carbocycles. The average Bonchev–Trinajstić information content (AvgIpc) is 2.38. The van der Waals surface area contributed by atoms with Gasteiger partial charge in [0.25, 0.3) is 0 Å². The summed E-state index contributed by atoms with van der Waals surface area (Å²) in [7, 11) is 1.42. The maximum Gasteiger partial charge on any atom is 0.337 e. The van der Waals surface area contributed by atoms with E-state index in [1.165, 1.54) is 48.3 Å². The van der Waals surface area contributed by atoms with Crippen molar-refractivity contribution in [2.75, 3.05) is 7.11 Å². The van der Waals surface area contributed by atoms with E-state index in [0.717, 1.165) is 0 Å². The standard InChI is InChI=1S/C14H17IO2/c1-17-14(16)11-7-8-12(13(15)9-11)10-5-3-2-4-6-10/h7-10H,2-6H2,1H3. The SMILES string of the molecule is COC(=O)c1ccc(C2CCCCC2)c(I)c1. The molecule has 0 bridgehead atoms. The summed E-state index contributed by atoms with van der Waals surface area (Å²) in [5.74, 6) is 0.431. The summed E-state index contributed by atoms with van der Waals surface area (Å²) >= 11 is 2.33. The molecule has 1 aliphatic rings. The number of hydrogen-bond acceptors (Lipinski definition) is 2. The van der Waals surface area contributed by atoms with Gasteiger partial charge in [0.2, 0.25) is 0 Å². The van der Waals surface area contributed by atoms with Crippen LogP contribution in [0.15, 0.2) is 18.2 Å². The first kappa shape index (κ1) is 12.9. The van der Waals surface area contributed by atoms with E-state index >= 15 is 0 Å². The number of carbonyl (C=O) groups excluding carboxylic acids is 1. The number of methoxy groups -OCH3 is 1. The summed E-state index contributed by atoms with van der Waals surface area (Å²) in [4.78, 5) is 11.4. The van der Waals surface area contributed by atoms with Crippen LogP contribution in [0.4, 0.5) is 0 Å². The van der Waals surface area contributed by atoms with Crippen LogP contribution in [-0.4, -0.2) is 13.1 Å². The van der Waals surface area contributed by atoms with E-state index in [2.05, 4.69) is 28.7 Å². The molecular weight excluding hydrogens is 327 g/mol. The molecule has 1 aromatic rings. The highest BCUT2D eigenvalue weighted by atomic mass is 127. The molecule has 0 aromatic heterocycles. The lowest BCUT2D eigenvalue weighted by molar-refractivity contribution is 0.0600. The van der Waals surface area contributed by atoms with Crippen molar-refractivity contribution in [1.82, 2.24) is 0 Å². The molecule has 0 atom stereocenters. The van der Waals surface area contributed by atoms with Crippen LogP contribution in [0.1, 0.15) is 53.9 Å². The molecule has 1 fully saturated rings. The third kappa shape index (κ3) is 3.00. The molecule has 0 radical (unpaired) electrons. The molecule has 0 unspecified atom stereocenters. The van der Waals surface area contributed by atoms with Gasteiger partial charge in [-0.2, -0.15) is 0 Å². The van der Waals surface area contributed by atoms with Gasteiger partial charge in [-0.1, -0.05) is 25.3 Å². The molecule has 0 heterocycles. The summed E-state index contributed by atoms with van der Waals surface area (Å²) in [5, 5.41) is 0. The normalized spacial score (nSPS) is 16.8. The minimum Gasteiger partial charge on any atom is -0.465 e. The lowest BCUT2D eigenvalue weighted by Crippen LogP contribution is -2.08. The lowest BCUT2D eigenvalue weighted by atomic mass is 9.84. The summed E-state index contributed by atoms with van der Waals surface area (Å²) in [6, 6.07) is 5.93. The molecule has 2 nitrogen and oxygen atoms in total. The van der Waals surface area contributed by atoms with Crippen LogP contribution in [0.2, 0.25) is 0 Å². The Morgan fingerprint density at radius 3 is 2.59 bits per heavy atom. The van der Waals surface area contributed by atoms with Crippen LogP contribution >= 0.6 is 22.6 Å². The van der Waals surface area contributed by atoms with E-state index < -0.39 is 0 Å². The van der Waals surface area contributed by atoms with Crippen molar-refractivity contribution in [3.63, 3.8) is 0 Å². The fourth-order valence-corrected chi connectivity index (χ4v) is 3.47. The Morgan fingerprint density at radius 1 is 1.29 bits per heavy atom. The van der Waals surface area contributed by atoms with Gasteiger partial charge in [0.05, 0.1) is 12.7 Å².